The van der Waals surface area contributed by atoms with Gasteiger partial charge in [-0.15, -0.1) is 11.3 Å². The van der Waals surface area contributed by atoms with Crippen molar-refractivity contribution >= 4 is 28.7 Å². The van der Waals surface area contributed by atoms with Gasteiger partial charge in [-0.2, -0.15) is 0 Å². The number of benzene rings is 1. The summed E-state index contributed by atoms with van der Waals surface area (Å²) in [4.78, 5) is 26.2. The lowest BCUT2D eigenvalue weighted by Crippen LogP contribution is -2.33. The molecule has 0 bridgehead atoms. The summed E-state index contributed by atoms with van der Waals surface area (Å²) in [6.07, 6.45) is 2.23. The Morgan fingerprint density at radius 1 is 1.24 bits per heavy atom. The molecule has 0 N–H and O–H groups in total. The molecule has 0 radical (unpaired) electrons. The maximum atomic E-state index is 12.7. The minimum Gasteiger partial charge on any atom is -0.497 e. The second-order valence-electron chi connectivity index (χ2n) is 5.86. The topological polar surface area (TPSA) is 52.6 Å². The van der Waals surface area contributed by atoms with Crippen LogP contribution in [0.4, 0.5) is 0 Å². The molecule has 1 heterocycles. The molecule has 1 aliphatic carbocycles. The van der Waals surface area contributed by atoms with E-state index in [-0.39, 0.29) is 18.3 Å². The molecule has 5 heteroatoms. The number of allylic oxidation sites excluding steroid dienone is 2. The number of ether oxygens (including phenoxy) is 2. The van der Waals surface area contributed by atoms with Crippen LogP contribution in [0.2, 0.25) is 0 Å². The third-order valence-electron chi connectivity index (χ3n) is 4.39. The molecule has 3 rings (SSSR count). The molecular weight excluding hydrogens is 336 g/mol. The van der Waals surface area contributed by atoms with E-state index in [4.69, 9.17) is 9.47 Å². The van der Waals surface area contributed by atoms with Crippen LogP contribution in [-0.2, 0) is 14.3 Å². The van der Waals surface area contributed by atoms with E-state index < -0.39 is 11.9 Å². The molecule has 1 aromatic heterocycles. The van der Waals surface area contributed by atoms with Gasteiger partial charge in [0.25, 0.3) is 0 Å². The van der Waals surface area contributed by atoms with Crippen molar-refractivity contribution in [3.63, 3.8) is 0 Å². The molecule has 0 fully saturated rings. The van der Waals surface area contributed by atoms with Crippen molar-refractivity contribution in [1.29, 1.82) is 0 Å². The van der Waals surface area contributed by atoms with Crippen molar-refractivity contribution in [3.8, 4) is 5.75 Å². The smallest absolute Gasteiger partial charge is 0.317 e. The number of esters is 1. The molecule has 25 heavy (non-hydrogen) atoms. The van der Waals surface area contributed by atoms with Crippen molar-refractivity contribution < 1.29 is 19.1 Å². The van der Waals surface area contributed by atoms with Crippen LogP contribution in [-0.4, -0.2) is 25.5 Å². The van der Waals surface area contributed by atoms with Crippen molar-refractivity contribution in [1.82, 2.24) is 0 Å². The number of hydrogen-bond donors (Lipinski definition) is 0. The van der Waals surface area contributed by atoms with E-state index in [1.165, 1.54) is 0 Å². The summed E-state index contributed by atoms with van der Waals surface area (Å²) in [6, 6.07) is 11.5. The fraction of sp³-hybridized carbons (Fsp3) is 0.300. The zero-order valence-electron chi connectivity index (χ0n) is 14.2. The minimum absolute atomic E-state index is 0.186. The van der Waals surface area contributed by atoms with Gasteiger partial charge >= 0.3 is 5.97 Å². The molecule has 130 valence electrons. The fourth-order valence-electron chi connectivity index (χ4n) is 3.18. The molecule has 0 unspecified atom stereocenters. The van der Waals surface area contributed by atoms with Crippen LogP contribution in [0.15, 0.2) is 47.9 Å². The number of thiophene rings is 1. The number of hydrogen-bond acceptors (Lipinski definition) is 5. The zero-order valence-corrected chi connectivity index (χ0v) is 15.0. The third kappa shape index (κ3) is 3.66. The molecule has 2 aromatic rings. The van der Waals surface area contributed by atoms with Gasteiger partial charge in [-0.05, 0) is 54.1 Å². The Morgan fingerprint density at radius 2 is 2.00 bits per heavy atom. The number of carbonyl (C=O) groups is 2. The largest absolute Gasteiger partial charge is 0.497 e. The number of methoxy groups -OCH3 is 1. The van der Waals surface area contributed by atoms with E-state index in [2.05, 4.69) is 0 Å². The Labute approximate surface area is 151 Å². The molecule has 0 aliphatic heterocycles. The van der Waals surface area contributed by atoms with Gasteiger partial charge in [0.2, 0.25) is 0 Å². The Bertz CT molecular complexity index is 775. The van der Waals surface area contributed by atoms with E-state index in [1.54, 1.807) is 31.4 Å². The summed E-state index contributed by atoms with van der Waals surface area (Å²) < 4.78 is 10.4. The Balaban J connectivity index is 1.98. The van der Waals surface area contributed by atoms with Crippen molar-refractivity contribution in [3.05, 3.63) is 58.3 Å². The predicted octanol–water partition coefficient (Wildman–Crippen LogP) is 4.08. The van der Waals surface area contributed by atoms with Gasteiger partial charge in [0, 0.05) is 10.8 Å². The monoisotopic (exact) mass is 356 g/mol. The maximum absolute atomic E-state index is 12.7. The normalized spacial score (nSPS) is 20.1. The highest BCUT2D eigenvalue weighted by atomic mass is 32.1. The van der Waals surface area contributed by atoms with Gasteiger partial charge in [-0.1, -0.05) is 18.2 Å². The van der Waals surface area contributed by atoms with Crippen molar-refractivity contribution in [2.45, 2.75) is 19.3 Å². The summed E-state index contributed by atoms with van der Waals surface area (Å²) in [7, 11) is 1.61. The van der Waals surface area contributed by atoms with Crippen LogP contribution < -0.4 is 4.74 Å². The molecule has 1 aliphatic rings. The number of carbonyl (C=O) groups excluding carboxylic acids is 2. The molecule has 4 nitrogen and oxygen atoms in total. The Kier molecular flexibility index (Phi) is 5.34. The molecule has 0 saturated carbocycles. The van der Waals surface area contributed by atoms with Crippen molar-refractivity contribution in [2.75, 3.05) is 13.7 Å². The van der Waals surface area contributed by atoms with Gasteiger partial charge in [0.1, 0.15) is 11.7 Å². The highest BCUT2D eigenvalue weighted by Crippen LogP contribution is 2.41. The molecule has 0 saturated heterocycles. The molecule has 1 aromatic carbocycles. The van der Waals surface area contributed by atoms with Gasteiger partial charge in [-0.25, -0.2) is 0 Å². The minimum atomic E-state index is -0.794. The first-order valence-electron chi connectivity index (χ1n) is 8.23. The van der Waals surface area contributed by atoms with Gasteiger partial charge in [0.05, 0.1) is 13.7 Å². The first-order valence-corrected chi connectivity index (χ1v) is 9.11. The second-order valence-corrected chi connectivity index (χ2v) is 6.81. The predicted molar refractivity (Wildman–Crippen MR) is 97.8 cm³/mol. The quantitative estimate of drug-likeness (QED) is 0.598. The lowest BCUT2D eigenvalue weighted by Gasteiger charge is -2.29. The van der Waals surface area contributed by atoms with E-state index in [9.17, 15) is 9.59 Å². The van der Waals surface area contributed by atoms with Crippen LogP contribution in [0.25, 0.3) is 5.57 Å². The van der Waals surface area contributed by atoms with E-state index in [0.717, 1.165) is 21.8 Å². The molecule has 2 atom stereocenters. The summed E-state index contributed by atoms with van der Waals surface area (Å²) in [6.45, 7) is 2.01. The zero-order chi connectivity index (χ0) is 17.8. The first kappa shape index (κ1) is 17.4. The van der Waals surface area contributed by atoms with Gasteiger partial charge in [0.15, 0.2) is 5.78 Å². The summed E-state index contributed by atoms with van der Waals surface area (Å²) in [5.41, 5.74) is 1.91. The SMILES string of the molecule is CCOC(=O)[C@H]1C(=O)C=C(c2cccs2)C[C@H]1c1ccc(OC)cc1. The first-order chi connectivity index (χ1) is 12.1. The van der Waals surface area contributed by atoms with E-state index in [0.29, 0.717) is 6.42 Å². The van der Waals surface area contributed by atoms with Crippen LogP contribution in [0.3, 0.4) is 0 Å². The summed E-state index contributed by atoms with van der Waals surface area (Å²) in [5, 5.41) is 1.99. The third-order valence-corrected chi connectivity index (χ3v) is 5.33. The molecular formula is C20H20O4S. The van der Waals surface area contributed by atoms with Crippen LogP contribution in [0, 0.1) is 5.92 Å². The van der Waals surface area contributed by atoms with Crippen LogP contribution in [0.1, 0.15) is 29.7 Å². The lowest BCUT2D eigenvalue weighted by molar-refractivity contribution is -0.151. The lowest BCUT2D eigenvalue weighted by atomic mass is 9.74. The van der Waals surface area contributed by atoms with Crippen LogP contribution >= 0.6 is 11.3 Å². The molecule has 0 amide bonds. The summed E-state index contributed by atoms with van der Waals surface area (Å²) in [5.74, 6) is -0.923. The fourth-order valence-corrected chi connectivity index (χ4v) is 3.93. The van der Waals surface area contributed by atoms with Crippen LogP contribution in [0.5, 0.6) is 5.75 Å². The summed E-state index contributed by atoms with van der Waals surface area (Å²) >= 11 is 1.60. The maximum Gasteiger partial charge on any atom is 0.317 e. The average molecular weight is 356 g/mol. The standard InChI is InChI=1S/C20H20O4S/c1-3-24-20(22)19-16(13-6-8-15(23-2)9-7-13)11-14(12-17(19)21)18-5-4-10-25-18/h4-10,12,16,19H,3,11H2,1-2H3/t16-,19+/m0/s1. The van der Waals surface area contributed by atoms with Gasteiger partial charge < -0.3 is 9.47 Å². The second kappa shape index (κ2) is 7.66. The van der Waals surface area contributed by atoms with E-state index in [1.807, 2.05) is 41.8 Å². The highest BCUT2D eigenvalue weighted by Gasteiger charge is 2.39. The average Bonchev–Trinajstić information content (AvgIpc) is 3.16. The number of rotatable bonds is 5. The van der Waals surface area contributed by atoms with E-state index >= 15 is 0 Å². The van der Waals surface area contributed by atoms with Gasteiger partial charge in [-0.3, -0.25) is 9.59 Å². The number of ketones is 1. The Morgan fingerprint density at radius 3 is 2.60 bits per heavy atom. The Hall–Kier alpha value is -2.40. The highest BCUT2D eigenvalue weighted by molar-refractivity contribution is 7.11. The molecule has 0 spiro atoms. The van der Waals surface area contributed by atoms with Crippen molar-refractivity contribution in [2.24, 2.45) is 5.92 Å².